The van der Waals surface area contributed by atoms with E-state index in [4.69, 9.17) is 23.8 Å². The number of thioether (sulfide) groups is 1. The Morgan fingerprint density at radius 2 is 2.23 bits per heavy atom. The van der Waals surface area contributed by atoms with Crippen LogP contribution in [-0.4, -0.2) is 9.70 Å². The van der Waals surface area contributed by atoms with E-state index >= 15 is 0 Å². The molecule has 0 saturated heterocycles. The fourth-order valence-electron chi connectivity index (χ4n) is 1.19. The maximum atomic E-state index is 6.06. The standard InChI is InChI=1S/C9H8ClNS2/c10-8-9(12)11-5-6-3-1-2-4-7(6)13-8/h1-4,8H,5H2,(H,11,12). The average Bonchev–Trinajstić information content (AvgIpc) is 2.28. The van der Waals surface area contributed by atoms with Gasteiger partial charge in [0.1, 0.15) is 9.70 Å². The smallest absolute Gasteiger partial charge is 0.133 e. The number of nitrogens with one attached hydrogen (secondary N) is 1. The molecule has 0 aliphatic carbocycles. The zero-order valence-electron chi connectivity index (χ0n) is 6.79. The molecule has 68 valence electrons. The van der Waals surface area contributed by atoms with E-state index in [1.807, 2.05) is 12.1 Å². The zero-order chi connectivity index (χ0) is 9.26. The van der Waals surface area contributed by atoms with Crippen LogP contribution in [0.4, 0.5) is 0 Å². The predicted molar refractivity (Wildman–Crippen MR) is 61.4 cm³/mol. The number of alkyl halides is 1. The van der Waals surface area contributed by atoms with Gasteiger partial charge in [-0.15, -0.1) is 11.6 Å². The highest BCUT2D eigenvalue weighted by Gasteiger charge is 2.18. The van der Waals surface area contributed by atoms with Crippen molar-refractivity contribution in [2.24, 2.45) is 0 Å². The summed E-state index contributed by atoms with van der Waals surface area (Å²) in [6, 6.07) is 8.21. The molecule has 1 atom stereocenters. The first-order valence-corrected chi connectivity index (χ1v) is 5.66. The fourth-order valence-corrected chi connectivity index (χ4v) is 2.64. The second-order valence-electron chi connectivity index (χ2n) is 2.76. The maximum Gasteiger partial charge on any atom is 0.133 e. The lowest BCUT2D eigenvalue weighted by Gasteiger charge is -2.05. The normalized spacial score (nSPS) is 21.6. The first-order chi connectivity index (χ1) is 6.27. The van der Waals surface area contributed by atoms with Gasteiger partial charge < -0.3 is 5.32 Å². The molecule has 1 aliphatic rings. The van der Waals surface area contributed by atoms with Crippen molar-refractivity contribution in [2.75, 3.05) is 0 Å². The van der Waals surface area contributed by atoms with Crippen molar-refractivity contribution in [3.05, 3.63) is 29.8 Å². The molecular formula is C9H8ClNS2. The number of rotatable bonds is 0. The summed E-state index contributed by atoms with van der Waals surface area (Å²) in [7, 11) is 0. The van der Waals surface area contributed by atoms with Crippen LogP contribution in [0.2, 0.25) is 0 Å². The fraction of sp³-hybridized carbons (Fsp3) is 0.222. The van der Waals surface area contributed by atoms with Crippen molar-refractivity contribution in [3.8, 4) is 0 Å². The molecule has 2 rings (SSSR count). The largest absolute Gasteiger partial charge is 0.374 e. The van der Waals surface area contributed by atoms with Crippen LogP contribution in [0.25, 0.3) is 0 Å². The summed E-state index contributed by atoms with van der Waals surface area (Å²) in [6.45, 7) is 0.783. The third kappa shape index (κ3) is 1.98. The Hall–Kier alpha value is -0.250. The van der Waals surface area contributed by atoms with Crippen molar-refractivity contribution in [1.82, 2.24) is 5.32 Å². The van der Waals surface area contributed by atoms with Gasteiger partial charge in [0.05, 0.1) is 0 Å². The highest BCUT2D eigenvalue weighted by molar-refractivity contribution is 8.03. The van der Waals surface area contributed by atoms with E-state index in [2.05, 4.69) is 17.4 Å². The summed E-state index contributed by atoms with van der Waals surface area (Å²) in [4.78, 5) is 1.94. The Labute approximate surface area is 91.9 Å². The van der Waals surface area contributed by atoms with Crippen LogP contribution >= 0.6 is 35.6 Å². The lowest BCUT2D eigenvalue weighted by Crippen LogP contribution is -2.24. The van der Waals surface area contributed by atoms with Gasteiger partial charge in [-0.3, -0.25) is 0 Å². The van der Waals surface area contributed by atoms with Gasteiger partial charge in [0.2, 0.25) is 0 Å². The Morgan fingerprint density at radius 1 is 1.46 bits per heavy atom. The molecular weight excluding hydrogens is 222 g/mol. The van der Waals surface area contributed by atoms with E-state index in [9.17, 15) is 0 Å². The molecule has 0 fully saturated rings. The Balaban J connectivity index is 2.35. The van der Waals surface area contributed by atoms with E-state index in [-0.39, 0.29) is 4.71 Å². The summed E-state index contributed by atoms with van der Waals surface area (Å²) < 4.78 is -0.140. The molecule has 0 radical (unpaired) electrons. The van der Waals surface area contributed by atoms with E-state index in [0.29, 0.717) is 0 Å². The molecule has 0 aromatic heterocycles. The van der Waals surface area contributed by atoms with Crippen LogP contribution in [0.15, 0.2) is 29.2 Å². The molecule has 0 amide bonds. The topological polar surface area (TPSA) is 12.0 Å². The Morgan fingerprint density at radius 3 is 3.08 bits per heavy atom. The quantitative estimate of drug-likeness (QED) is 0.543. The molecule has 0 bridgehead atoms. The van der Waals surface area contributed by atoms with Crippen LogP contribution in [0, 0.1) is 0 Å². The van der Waals surface area contributed by atoms with Gasteiger partial charge in [-0.2, -0.15) is 0 Å². The molecule has 1 heterocycles. The SMILES string of the molecule is S=C1NCc2ccccc2SC1Cl. The highest BCUT2D eigenvalue weighted by atomic mass is 35.5. The molecule has 1 nitrogen and oxygen atoms in total. The van der Waals surface area contributed by atoms with Gasteiger partial charge in [-0.25, -0.2) is 0 Å². The molecule has 1 aromatic rings. The molecule has 1 aliphatic heterocycles. The van der Waals surface area contributed by atoms with Crippen molar-refractivity contribution >= 4 is 40.6 Å². The van der Waals surface area contributed by atoms with E-state index < -0.39 is 0 Å². The number of hydrogen-bond acceptors (Lipinski definition) is 2. The average molecular weight is 230 g/mol. The lowest BCUT2D eigenvalue weighted by molar-refractivity contribution is 0.907. The number of fused-ring (bicyclic) bond motifs is 1. The zero-order valence-corrected chi connectivity index (χ0v) is 9.18. The Kier molecular flexibility index (Phi) is 2.77. The minimum absolute atomic E-state index is 0.140. The van der Waals surface area contributed by atoms with Crippen molar-refractivity contribution in [1.29, 1.82) is 0 Å². The molecule has 0 saturated carbocycles. The second-order valence-corrected chi connectivity index (χ2v) is 5.04. The predicted octanol–water partition coefficient (Wildman–Crippen LogP) is 2.77. The number of benzene rings is 1. The molecule has 13 heavy (non-hydrogen) atoms. The second kappa shape index (κ2) is 3.86. The van der Waals surface area contributed by atoms with Gasteiger partial charge in [-0.05, 0) is 11.6 Å². The highest BCUT2D eigenvalue weighted by Crippen LogP contribution is 2.31. The summed E-state index contributed by atoms with van der Waals surface area (Å²) >= 11 is 12.8. The minimum Gasteiger partial charge on any atom is -0.374 e. The monoisotopic (exact) mass is 229 g/mol. The van der Waals surface area contributed by atoms with Gasteiger partial charge in [0.15, 0.2) is 0 Å². The number of hydrogen-bond donors (Lipinski definition) is 1. The van der Waals surface area contributed by atoms with Gasteiger partial charge in [-0.1, -0.05) is 42.2 Å². The van der Waals surface area contributed by atoms with E-state index in [1.54, 1.807) is 11.8 Å². The van der Waals surface area contributed by atoms with Crippen molar-refractivity contribution in [3.63, 3.8) is 0 Å². The maximum absolute atomic E-state index is 6.06. The molecule has 1 N–H and O–H groups in total. The Bertz CT molecular complexity index is 340. The lowest BCUT2D eigenvalue weighted by atomic mass is 10.2. The molecule has 4 heteroatoms. The molecule has 1 unspecified atom stereocenters. The van der Waals surface area contributed by atoms with E-state index in [1.165, 1.54) is 10.5 Å². The van der Waals surface area contributed by atoms with Crippen LogP contribution in [0.1, 0.15) is 5.56 Å². The summed E-state index contributed by atoms with van der Waals surface area (Å²) in [6.07, 6.45) is 0. The summed E-state index contributed by atoms with van der Waals surface area (Å²) in [5.41, 5.74) is 1.26. The third-order valence-corrected chi connectivity index (χ3v) is 4.10. The van der Waals surface area contributed by atoms with Gasteiger partial charge in [0, 0.05) is 11.4 Å². The first kappa shape index (κ1) is 9.31. The third-order valence-electron chi connectivity index (χ3n) is 1.86. The van der Waals surface area contributed by atoms with Crippen molar-refractivity contribution < 1.29 is 0 Å². The molecule has 0 spiro atoms. The number of thiocarbonyl (C=S) groups is 1. The van der Waals surface area contributed by atoms with Gasteiger partial charge >= 0.3 is 0 Å². The van der Waals surface area contributed by atoms with Crippen LogP contribution in [0.3, 0.4) is 0 Å². The van der Waals surface area contributed by atoms with Gasteiger partial charge in [0.25, 0.3) is 0 Å². The van der Waals surface area contributed by atoms with Crippen LogP contribution in [-0.2, 0) is 6.54 Å². The van der Waals surface area contributed by atoms with Crippen LogP contribution < -0.4 is 5.32 Å². The summed E-state index contributed by atoms with van der Waals surface area (Å²) in [5, 5.41) is 3.13. The first-order valence-electron chi connectivity index (χ1n) is 3.94. The van der Waals surface area contributed by atoms with Crippen LogP contribution in [0.5, 0.6) is 0 Å². The van der Waals surface area contributed by atoms with E-state index in [0.717, 1.165) is 11.5 Å². The number of halogens is 1. The minimum atomic E-state index is -0.140. The summed E-state index contributed by atoms with van der Waals surface area (Å²) in [5.74, 6) is 0. The molecule has 1 aromatic carbocycles. The van der Waals surface area contributed by atoms with Crippen molar-refractivity contribution in [2.45, 2.75) is 16.1 Å².